The smallest absolute Gasteiger partial charge is 0.229 e. The average Bonchev–Trinajstić information content (AvgIpc) is 3.25. The number of ketones is 1. The lowest BCUT2D eigenvalue weighted by Crippen LogP contribution is -2.51. The topological polar surface area (TPSA) is 82.8 Å². The molecule has 1 aromatic carbocycles. The van der Waals surface area contributed by atoms with E-state index in [1.54, 1.807) is 18.5 Å². The summed E-state index contributed by atoms with van der Waals surface area (Å²) >= 11 is 0. The summed E-state index contributed by atoms with van der Waals surface area (Å²) in [6.07, 6.45) is 7.20. The Morgan fingerprint density at radius 3 is 2.69 bits per heavy atom. The molecule has 7 heteroatoms. The number of nitrogens with zero attached hydrogens (tertiary/aromatic N) is 5. The van der Waals surface area contributed by atoms with Gasteiger partial charge >= 0.3 is 0 Å². The van der Waals surface area contributed by atoms with Crippen molar-refractivity contribution < 1.29 is 4.79 Å². The molecule has 2 atom stereocenters. The van der Waals surface area contributed by atoms with Gasteiger partial charge in [0.25, 0.3) is 0 Å². The van der Waals surface area contributed by atoms with Crippen LogP contribution >= 0.6 is 0 Å². The molecule has 7 nitrogen and oxygen atoms in total. The van der Waals surface area contributed by atoms with Gasteiger partial charge in [0.2, 0.25) is 5.95 Å². The van der Waals surface area contributed by atoms with E-state index in [1.165, 1.54) is 0 Å². The summed E-state index contributed by atoms with van der Waals surface area (Å²) in [4.78, 5) is 24.3. The predicted molar refractivity (Wildman–Crippen MR) is 123 cm³/mol. The van der Waals surface area contributed by atoms with Crippen LogP contribution in [0.1, 0.15) is 45.6 Å². The van der Waals surface area contributed by atoms with Gasteiger partial charge in [-0.2, -0.15) is 10.2 Å². The molecule has 0 amide bonds. The molecular formula is C25H28N6O. The van der Waals surface area contributed by atoms with E-state index in [4.69, 9.17) is 0 Å². The Morgan fingerprint density at radius 1 is 1.16 bits per heavy atom. The van der Waals surface area contributed by atoms with Crippen LogP contribution in [0, 0.1) is 5.41 Å². The molecular weight excluding hydrogens is 400 g/mol. The standard InChI is InChI=1S/C25H28N6O/c1-5-25(16-8-6-9-17(12-16)31(4)23-26-10-7-11-27-23)18-15-28-30-22(18)29-19-13-24(2,3)14-20(32)21(19)25/h6-12,15,22,29H,5,13-14H2,1-4H3/t22?,25-/m1/s1. The third kappa shape index (κ3) is 3.06. The second-order valence-corrected chi connectivity index (χ2v) is 9.57. The van der Waals surface area contributed by atoms with Crippen LogP contribution in [0.2, 0.25) is 0 Å². The second-order valence-electron chi connectivity index (χ2n) is 9.57. The molecule has 2 aliphatic heterocycles. The van der Waals surface area contributed by atoms with Gasteiger partial charge in [0.15, 0.2) is 11.9 Å². The van der Waals surface area contributed by atoms with Crippen molar-refractivity contribution in [1.82, 2.24) is 15.3 Å². The summed E-state index contributed by atoms with van der Waals surface area (Å²) < 4.78 is 0. The number of allylic oxidation sites excluding steroid dienone is 2. The lowest BCUT2D eigenvalue weighted by Gasteiger charge is -2.48. The molecule has 0 radical (unpaired) electrons. The summed E-state index contributed by atoms with van der Waals surface area (Å²) in [6, 6.07) is 10.2. The molecule has 3 aliphatic rings. The molecule has 0 fully saturated rings. The molecule has 5 rings (SSSR count). The molecule has 2 aromatic rings. The van der Waals surface area contributed by atoms with E-state index in [-0.39, 0.29) is 17.4 Å². The molecule has 0 bridgehead atoms. The van der Waals surface area contributed by atoms with Gasteiger partial charge in [0, 0.05) is 48.4 Å². The highest BCUT2D eigenvalue weighted by Crippen LogP contribution is 2.54. The first-order valence-corrected chi connectivity index (χ1v) is 11.1. The quantitative estimate of drug-likeness (QED) is 0.755. The first-order valence-electron chi connectivity index (χ1n) is 11.1. The molecule has 1 N–H and O–H groups in total. The number of benzene rings is 1. The van der Waals surface area contributed by atoms with Gasteiger partial charge in [-0.15, -0.1) is 0 Å². The molecule has 0 spiro atoms. The summed E-state index contributed by atoms with van der Waals surface area (Å²) in [7, 11) is 1.96. The van der Waals surface area contributed by atoms with Crippen molar-refractivity contribution in [2.75, 3.05) is 11.9 Å². The molecule has 1 aliphatic carbocycles. The molecule has 1 aromatic heterocycles. The summed E-state index contributed by atoms with van der Waals surface area (Å²) in [6.45, 7) is 6.46. The maximum Gasteiger partial charge on any atom is 0.229 e. The van der Waals surface area contributed by atoms with E-state index in [0.29, 0.717) is 12.4 Å². The Kier molecular flexibility index (Phi) is 4.73. The minimum Gasteiger partial charge on any atom is -0.362 e. The summed E-state index contributed by atoms with van der Waals surface area (Å²) in [5.41, 5.74) is 4.34. The van der Waals surface area contributed by atoms with E-state index < -0.39 is 5.41 Å². The van der Waals surface area contributed by atoms with E-state index in [0.717, 1.165) is 40.9 Å². The zero-order chi connectivity index (χ0) is 22.5. The number of fused-ring (bicyclic) bond motifs is 1. The lowest BCUT2D eigenvalue weighted by atomic mass is 9.59. The molecule has 164 valence electrons. The van der Waals surface area contributed by atoms with Crippen LogP contribution in [0.25, 0.3) is 0 Å². The number of rotatable bonds is 4. The average molecular weight is 429 g/mol. The number of hydrogen-bond donors (Lipinski definition) is 1. The monoisotopic (exact) mass is 428 g/mol. The minimum absolute atomic E-state index is 0.0773. The molecule has 32 heavy (non-hydrogen) atoms. The SMILES string of the molecule is CC[C@@]1(c2cccc(N(C)c3ncccn3)c2)C2=CN=NC2NC2=C1C(=O)CC(C)(C)C2. The molecule has 1 unspecified atom stereocenters. The third-order valence-electron chi connectivity index (χ3n) is 6.89. The number of hydrogen-bond acceptors (Lipinski definition) is 7. The van der Waals surface area contributed by atoms with Gasteiger partial charge in [-0.3, -0.25) is 4.79 Å². The number of aromatic nitrogens is 2. The number of carbonyl (C=O) groups is 1. The van der Waals surface area contributed by atoms with Gasteiger partial charge in [-0.1, -0.05) is 32.9 Å². The van der Waals surface area contributed by atoms with Crippen LogP contribution in [0.4, 0.5) is 11.6 Å². The van der Waals surface area contributed by atoms with Crippen molar-refractivity contribution in [2.24, 2.45) is 15.6 Å². The Hall–Kier alpha value is -3.35. The zero-order valence-corrected chi connectivity index (χ0v) is 19.0. The number of Topliss-reactive ketones (excluding diaryl/α,β-unsaturated/α-hetero) is 1. The lowest BCUT2D eigenvalue weighted by molar-refractivity contribution is -0.119. The Balaban J connectivity index is 1.68. The minimum atomic E-state index is -0.559. The predicted octanol–water partition coefficient (Wildman–Crippen LogP) is 4.81. The normalized spacial score (nSPS) is 25.7. The fraction of sp³-hybridized carbons (Fsp3) is 0.400. The molecule has 3 heterocycles. The van der Waals surface area contributed by atoms with E-state index >= 15 is 0 Å². The van der Waals surface area contributed by atoms with Crippen LogP contribution in [0.15, 0.2) is 76.0 Å². The van der Waals surface area contributed by atoms with Gasteiger partial charge in [-0.25, -0.2) is 9.97 Å². The van der Waals surface area contributed by atoms with Crippen molar-refractivity contribution in [3.8, 4) is 0 Å². The zero-order valence-electron chi connectivity index (χ0n) is 19.0. The largest absolute Gasteiger partial charge is 0.362 e. The van der Waals surface area contributed by atoms with Crippen LogP contribution in [0.5, 0.6) is 0 Å². The van der Waals surface area contributed by atoms with Crippen LogP contribution in [-0.4, -0.2) is 29.0 Å². The van der Waals surface area contributed by atoms with Crippen molar-refractivity contribution in [3.63, 3.8) is 0 Å². The van der Waals surface area contributed by atoms with Gasteiger partial charge in [-0.05, 0) is 42.0 Å². The van der Waals surface area contributed by atoms with E-state index in [2.05, 4.69) is 58.4 Å². The van der Waals surface area contributed by atoms with E-state index in [1.807, 2.05) is 30.3 Å². The van der Waals surface area contributed by atoms with Crippen molar-refractivity contribution in [1.29, 1.82) is 0 Å². The maximum atomic E-state index is 13.6. The Labute approximate surface area is 188 Å². The van der Waals surface area contributed by atoms with Crippen LogP contribution in [-0.2, 0) is 10.2 Å². The highest BCUT2D eigenvalue weighted by atomic mass is 16.1. The second kappa shape index (κ2) is 7.36. The molecule has 0 saturated heterocycles. The highest BCUT2D eigenvalue weighted by Gasteiger charge is 2.53. The van der Waals surface area contributed by atoms with Gasteiger partial charge in [0.05, 0.1) is 11.6 Å². The first-order chi connectivity index (χ1) is 15.4. The van der Waals surface area contributed by atoms with Crippen molar-refractivity contribution >= 4 is 17.4 Å². The van der Waals surface area contributed by atoms with Crippen LogP contribution in [0.3, 0.4) is 0 Å². The summed E-state index contributed by atoms with van der Waals surface area (Å²) in [5.74, 6) is 0.834. The Bertz CT molecular complexity index is 1170. The first kappa shape index (κ1) is 20.5. The van der Waals surface area contributed by atoms with E-state index in [9.17, 15) is 4.79 Å². The third-order valence-corrected chi connectivity index (χ3v) is 6.89. The fourth-order valence-electron chi connectivity index (χ4n) is 5.45. The molecule has 0 saturated carbocycles. The highest BCUT2D eigenvalue weighted by molar-refractivity contribution is 6.01. The number of nitrogens with one attached hydrogen (secondary N) is 1. The van der Waals surface area contributed by atoms with Gasteiger partial charge < -0.3 is 10.2 Å². The van der Waals surface area contributed by atoms with Crippen molar-refractivity contribution in [3.05, 3.63) is 71.3 Å². The van der Waals surface area contributed by atoms with Crippen molar-refractivity contribution in [2.45, 2.75) is 51.6 Å². The summed E-state index contributed by atoms with van der Waals surface area (Å²) in [5, 5.41) is 12.2. The Morgan fingerprint density at radius 2 is 1.94 bits per heavy atom. The number of anilines is 2. The van der Waals surface area contributed by atoms with Crippen LogP contribution < -0.4 is 10.2 Å². The van der Waals surface area contributed by atoms with Gasteiger partial charge in [0.1, 0.15) is 0 Å². The maximum absolute atomic E-state index is 13.6. The number of azo groups is 1. The number of carbonyl (C=O) groups excluding carboxylic acids is 1. The fourth-order valence-corrected chi connectivity index (χ4v) is 5.45.